The van der Waals surface area contributed by atoms with Crippen molar-refractivity contribution in [2.24, 2.45) is 0 Å². The number of hydrogen-bond acceptors (Lipinski definition) is 3. The minimum absolute atomic E-state index is 0.0326. The highest BCUT2D eigenvalue weighted by atomic mass is 79.9. The lowest BCUT2D eigenvalue weighted by Crippen LogP contribution is -2.15. The van der Waals surface area contributed by atoms with Gasteiger partial charge in [-0.2, -0.15) is 0 Å². The van der Waals surface area contributed by atoms with Crippen LogP contribution < -0.4 is 10.1 Å². The highest BCUT2D eigenvalue weighted by molar-refractivity contribution is 9.10. The minimum Gasteiger partial charge on any atom is -0.493 e. The minimum atomic E-state index is -1.14. The fourth-order valence-corrected chi connectivity index (χ4v) is 2.56. The SMILES string of the molecule is COc1c(Cl)cc(C(=O)O)cc1NC(=O)Cc1ccc(Br)cc1. The van der Waals surface area contributed by atoms with Crippen molar-refractivity contribution >= 4 is 45.1 Å². The van der Waals surface area contributed by atoms with Gasteiger partial charge in [0.25, 0.3) is 0 Å². The molecule has 0 aromatic heterocycles. The second-order valence-corrected chi connectivity index (χ2v) is 6.02. The summed E-state index contributed by atoms with van der Waals surface area (Å²) in [7, 11) is 1.39. The Labute approximate surface area is 146 Å². The van der Waals surface area contributed by atoms with Gasteiger partial charge in [0, 0.05) is 4.47 Å². The molecule has 0 spiro atoms. The van der Waals surface area contributed by atoms with Crippen LogP contribution in [-0.4, -0.2) is 24.1 Å². The molecule has 0 saturated carbocycles. The number of anilines is 1. The molecule has 0 aliphatic rings. The molecular formula is C16H13BrClNO4. The lowest BCUT2D eigenvalue weighted by molar-refractivity contribution is -0.115. The van der Waals surface area contributed by atoms with E-state index >= 15 is 0 Å². The number of carboxylic acid groups (broad SMARTS) is 1. The van der Waals surface area contributed by atoms with Gasteiger partial charge >= 0.3 is 5.97 Å². The van der Waals surface area contributed by atoms with E-state index in [0.717, 1.165) is 10.0 Å². The standard InChI is InChI=1S/C16H13BrClNO4/c1-23-15-12(18)7-10(16(21)22)8-13(15)19-14(20)6-9-2-4-11(17)5-3-9/h2-5,7-8H,6H2,1H3,(H,19,20)(H,21,22). The van der Waals surface area contributed by atoms with Crippen molar-refractivity contribution in [1.29, 1.82) is 0 Å². The Balaban J connectivity index is 2.22. The molecule has 2 aromatic rings. The number of ether oxygens (including phenoxy) is 1. The van der Waals surface area contributed by atoms with Crippen molar-refractivity contribution in [1.82, 2.24) is 0 Å². The molecule has 2 aromatic carbocycles. The number of halogens is 2. The average Bonchev–Trinajstić information content (AvgIpc) is 2.49. The van der Waals surface area contributed by atoms with Gasteiger partial charge in [0.15, 0.2) is 5.75 Å². The molecule has 0 saturated heterocycles. The molecule has 7 heteroatoms. The second-order valence-electron chi connectivity index (χ2n) is 4.70. The van der Waals surface area contributed by atoms with E-state index < -0.39 is 5.97 Å². The summed E-state index contributed by atoms with van der Waals surface area (Å²) in [6, 6.07) is 9.90. The summed E-state index contributed by atoms with van der Waals surface area (Å²) in [5, 5.41) is 11.8. The van der Waals surface area contributed by atoms with Crippen molar-refractivity contribution < 1.29 is 19.4 Å². The molecule has 2 N–H and O–H groups in total. The summed E-state index contributed by atoms with van der Waals surface area (Å²) < 4.78 is 6.05. The fraction of sp³-hybridized carbons (Fsp3) is 0.125. The van der Waals surface area contributed by atoms with Gasteiger partial charge in [0.2, 0.25) is 5.91 Å². The Kier molecular flexibility index (Phi) is 5.63. The van der Waals surface area contributed by atoms with Crippen LogP contribution in [0.2, 0.25) is 5.02 Å². The Morgan fingerprint density at radius 2 is 1.91 bits per heavy atom. The topological polar surface area (TPSA) is 75.6 Å². The summed E-state index contributed by atoms with van der Waals surface area (Å²) in [4.78, 5) is 23.3. The molecule has 1 amide bonds. The van der Waals surface area contributed by atoms with Crippen LogP contribution in [0.4, 0.5) is 5.69 Å². The van der Waals surface area contributed by atoms with E-state index in [4.69, 9.17) is 21.4 Å². The summed E-state index contributed by atoms with van der Waals surface area (Å²) in [5.41, 5.74) is 1.01. The van der Waals surface area contributed by atoms with Crippen LogP contribution in [0.5, 0.6) is 5.75 Å². The summed E-state index contributed by atoms with van der Waals surface area (Å²) in [5.74, 6) is -1.22. The molecule has 120 valence electrons. The Hall–Kier alpha value is -2.05. The third kappa shape index (κ3) is 4.46. The van der Waals surface area contributed by atoms with Gasteiger partial charge in [-0.25, -0.2) is 4.79 Å². The highest BCUT2D eigenvalue weighted by Gasteiger charge is 2.16. The van der Waals surface area contributed by atoms with Crippen molar-refractivity contribution in [3.63, 3.8) is 0 Å². The number of carbonyl (C=O) groups is 2. The van der Waals surface area contributed by atoms with Crippen molar-refractivity contribution in [2.75, 3.05) is 12.4 Å². The van der Waals surface area contributed by atoms with Crippen molar-refractivity contribution in [2.45, 2.75) is 6.42 Å². The number of carboxylic acids is 1. The number of hydrogen-bond donors (Lipinski definition) is 2. The first-order valence-electron chi connectivity index (χ1n) is 6.56. The van der Waals surface area contributed by atoms with Gasteiger partial charge in [0.05, 0.1) is 29.8 Å². The van der Waals surface area contributed by atoms with Gasteiger partial charge in [-0.15, -0.1) is 0 Å². The lowest BCUT2D eigenvalue weighted by atomic mass is 10.1. The van der Waals surface area contributed by atoms with Crippen molar-refractivity contribution in [3.8, 4) is 5.75 Å². The molecule has 0 heterocycles. The number of nitrogens with one attached hydrogen (secondary N) is 1. The second kappa shape index (κ2) is 7.48. The molecule has 0 atom stereocenters. The maximum Gasteiger partial charge on any atom is 0.335 e. The number of methoxy groups -OCH3 is 1. The Bertz CT molecular complexity index is 746. The molecule has 0 bridgehead atoms. The number of carbonyl (C=O) groups excluding carboxylic acids is 1. The first kappa shape index (κ1) is 17.3. The fourth-order valence-electron chi connectivity index (χ4n) is 2.00. The third-order valence-electron chi connectivity index (χ3n) is 3.05. The monoisotopic (exact) mass is 397 g/mol. The van der Waals surface area contributed by atoms with Crippen LogP contribution in [0.1, 0.15) is 15.9 Å². The first-order chi connectivity index (χ1) is 10.9. The molecule has 23 heavy (non-hydrogen) atoms. The van der Waals surface area contributed by atoms with Crippen LogP contribution in [0, 0.1) is 0 Å². The molecule has 0 radical (unpaired) electrons. The van der Waals surface area contributed by atoms with Crippen LogP contribution in [0.3, 0.4) is 0 Å². The molecule has 0 unspecified atom stereocenters. The predicted octanol–water partition coefficient (Wildman–Crippen LogP) is 3.99. The normalized spacial score (nSPS) is 10.2. The van der Waals surface area contributed by atoms with E-state index in [1.165, 1.54) is 19.2 Å². The van der Waals surface area contributed by atoms with Crippen LogP contribution in [0.15, 0.2) is 40.9 Å². The van der Waals surface area contributed by atoms with E-state index in [1.807, 2.05) is 24.3 Å². The third-order valence-corrected chi connectivity index (χ3v) is 3.86. The van der Waals surface area contributed by atoms with Gasteiger partial charge in [0.1, 0.15) is 0 Å². The zero-order valence-electron chi connectivity index (χ0n) is 12.1. The van der Waals surface area contributed by atoms with E-state index in [9.17, 15) is 9.59 Å². The number of benzene rings is 2. The maximum atomic E-state index is 12.2. The zero-order valence-corrected chi connectivity index (χ0v) is 14.4. The summed E-state index contributed by atoms with van der Waals surface area (Å²) >= 11 is 9.32. The molecular weight excluding hydrogens is 386 g/mol. The predicted molar refractivity (Wildman–Crippen MR) is 91.4 cm³/mol. The van der Waals surface area contributed by atoms with Crippen molar-refractivity contribution in [3.05, 3.63) is 57.0 Å². The number of amides is 1. The van der Waals surface area contributed by atoms with E-state index in [1.54, 1.807) is 0 Å². The smallest absolute Gasteiger partial charge is 0.335 e. The van der Waals surface area contributed by atoms with E-state index in [2.05, 4.69) is 21.2 Å². The van der Waals surface area contributed by atoms with Crippen LogP contribution in [0.25, 0.3) is 0 Å². The molecule has 0 aliphatic heterocycles. The van der Waals surface area contributed by atoms with Gasteiger partial charge in [-0.05, 0) is 29.8 Å². The number of aromatic carboxylic acids is 1. The molecule has 0 aliphatic carbocycles. The Morgan fingerprint density at radius 3 is 2.48 bits per heavy atom. The van der Waals surface area contributed by atoms with Crippen LogP contribution >= 0.6 is 27.5 Å². The maximum absolute atomic E-state index is 12.2. The van der Waals surface area contributed by atoms with E-state index in [0.29, 0.717) is 0 Å². The van der Waals surface area contributed by atoms with Gasteiger partial charge in [-0.1, -0.05) is 39.7 Å². The first-order valence-corrected chi connectivity index (χ1v) is 7.73. The highest BCUT2D eigenvalue weighted by Crippen LogP contribution is 2.34. The van der Waals surface area contributed by atoms with Gasteiger partial charge < -0.3 is 15.2 Å². The van der Waals surface area contributed by atoms with E-state index in [-0.39, 0.29) is 34.4 Å². The number of rotatable bonds is 5. The average molecular weight is 399 g/mol. The zero-order chi connectivity index (χ0) is 17.0. The summed E-state index contributed by atoms with van der Waals surface area (Å²) in [6.45, 7) is 0. The largest absolute Gasteiger partial charge is 0.493 e. The molecule has 2 rings (SSSR count). The van der Waals surface area contributed by atoms with Gasteiger partial charge in [-0.3, -0.25) is 4.79 Å². The lowest BCUT2D eigenvalue weighted by Gasteiger charge is -2.13. The quantitative estimate of drug-likeness (QED) is 0.798. The summed E-state index contributed by atoms with van der Waals surface area (Å²) in [6.07, 6.45) is 0.144. The molecule has 0 fully saturated rings. The molecule has 5 nitrogen and oxygen atoms in total. The van der Waals surface area contributed by atoms with Crippen LogP contribution in [-0.2, 0) is 11.2 Å². The Morgan fingerprint density at radius 1 is 1.26 bits per heavy atom.